The minimum Gasteiger partial charge on any atom is -0.378 e. The minimum absolute atomic E-state index is 0. The van der Waals surface area contributed by atoms with E-state index >= 15 is 0 Å². The van der Waals surface area contributed by atoms with Gasteiger partial charge in [0.1, 0.15) is 6.54 Å². The maximum Gasteiger partial charge on any atom is 0.243 e. The zero-order valence-electron chi connectivity index (χ0n) is 17.3. The van der Waals surface area contributed by atoms with Crippen molar-refractivity contribution < 1.29 is 9.53 Å². The Labute approximate surface area is 186 Å². The average molecular weight is 502 g/mol. The number of ether oxygens (including phenoxy) is 1. The lowest BCUT2D eigenvalue weighted by Crippen LogP contribution is -2.40. The van der Waals surface area contributed by atoms with Gasteiger partial charge in [-0.05, 0) is 44.6 Å². The average Bonchev–Trinajstić information content (AvgIpc) is 2.70. The maximum absolute atomic E-state index is 11.9. The van der Waals surface area contributed by atoms with E-state index in [4.69, 9.17) is 4.74 Å². The van der Waals surface area contributed by atoms with Crippen LogP contribution in [-0.4, -0.2) is 56.7 Å². The number of nitrogens with one attached hydrogen (secondary N) is 2. The Hall–Kier alpha value is -1.35. The van der Waals surface area contributed by atoms with Crippen molar-refractivity contribution >= 4 is 35.8 Å². The number of carbonyl (C=O) groups is 1. The van der Waals surface area contributed by atoms with E-state index in [0.29, 0.717) is 12.1 Å². The van der Waals surface area contributed by atoms with Crippen molar-refractivity contribution in [3.8, 4) is 0 Å². The summed E-state index contributed by atoms with van der Waals surface area (Å²) in [6, 6.07) is 10.3. The molecule has 2 N–H and O–H groups in total. The topological polar surface area (TPSA) is 66.0 Å². The molecule has 2 atom stereocenters. The molecular weight excluding hydrogens is 467 g/mol. The Morgan fingerprint density at radius 3 is 2.68 bits per heavy atom. The van der Waals surface area contributed by atoms with Gasteiger partial charge in [-0.3, -0.25) is 4.79 Å². The number of guanidine groups is 1. The van der Waals surface area contributed by atoms with E-state index in [1.807, 2.05) is 18.2 Å². The first kappa shape index (κ1) is 24.7. The number of amides is 1. The molecule has 0 aliphatic carbocycles. The summed E-state index contributed by atoms with van der Waals surface area (Å²) in [5, 5.41) is 6.77. The Bertz CT molecular complexity index is 589. The predicted molar refractivity (Wildman–Crippen MR) is 125 cm³/mol. The number of nitrogens with zero attached hydrogens (tertiary/aromatic N) is 2. The summed E-state index contributed by atoms with van der Waals surface area (Å²) in [5.41, 5.74) is 1.18. The van der Waals surface area contributed by atoms with Gasteiger partial charge in [-0.2, -0.15) is 0 Å². The van der Waals surface area contributed by atoms with Crippen molar-refractivity contribution in [2.24, 2.45) is 4.99 Å². The molecule has 0 saturated carbocycles. The Morgan fingerprint density at radius 1 is 1.29 bits per heavy atom. The normalized spacial score (nSPS) is 18.0. The van der Waals surface area contributed by atoms with Gasteiger partial charge in [-0.15, -0.1) is 24.0 Å². The minimum atomic E-state index is -0.0148. The zero-order chi connectivity index (χ0) is 19.5. The third-order valence-corrected chi connectivity index (χ3v) is 4.79. The van der Waals surface area contributed by atoms with Crippen LogP contribution in [0, 0.1) is 0 Å². The molecule has 6 nitrogen and oxygen atoms in total. The molecule has 1 aliphatic rings. The van der Waals surface area contributed by atoms with Crippen molar-refractivity contribution in [3.05, 3.63) is 35.9 Å². The van der Waals surface area contributed by atoms with Crippen LogP contribution in [0.1, 0.15) is 50.6 Å². The van der Waals surface area contributed by atoms with Crippen molar-refractivity contribution in [1.29, 1.82) is 0 Å². The second kappa shape index (κ2) is 13.8. The molecule has 2 rings (SSSR count). The molecule has 1 fully saturated rings. The zero-order valence-corrected chi connectivity index (χ0v) is 19.6. The summed E-state index contributed by atoms with van der Waals surface area (Å²) in [4.78, 5) is 17.9. The van der Waals surface area contributed by atoms with Crippen molar-refractivity contribution in [2.75, 3.05) is 33.8 Å². The van der Waals surface area contributed by atoms with E-state index in [1.165, 1.54) is 24.8 Å². The van der Waals surface area contributed by atoms with Crippen LogP contribution in [0.4, 0.5) is 0 Å². The first-order chi connectivity index (χ1) is 13.1. The number of rotatable bonds is 8. The van der Waals surface area contributed by atoms with E-state index in [1.54, 1.807) is 19.0 Å². The molecule has 0 bridgehead atoms. The fraction of sp³-hybridized carbons (Fsp3) is 0.619. The van der Waals surface area contributed by atoms with E-state index < -0.39 is 0 Å². The predicted octanol–water partition coefficient (Wildman–Crippen LogP) is 3.34. The summed E-state index contributed by atoms with van der Waals surface area (Å²) < 4.78 is 5.79. The van der Waals surface area contributed by atoms with Crippen LogP contribution in [0.25, 0.3) is 0 Å². The van der Waals surface area contributed by atoms with Gasteiger partial charge < -0.3 is 20.3 Å². The lowest BCUT2D eigenvalue weighted by Gasteiger charge is -2.23. The van der Waals surface area contributed by atoms with Crippen LogP contribution in [-0.2, 0) is 9.53 Å². The van der Waals surface area contributed by atoms with Crippen molar-refractivity contribution in [3.63, 3.8) is 0 Å². The third kappa shape index (κ3) is 9.23. The fourth-order valence-electron chi connectivity index (χ4n) is 3.04. The van der Waals surface area contributed by atoms with Crippen LogP contribution < -0.4 is 10.6 Å². The molecule has 1 aliphatic heterocycles. The summed E-state index contributed by atoms with van der Waals surface area (Å²) in [5.74, 6) is 0.658. The molecule has 1 saturated heterocycles. The van der Waals surface area contributed by atoms with Gasteiger partial charge >= 0.3 is 0 Å². The van der Waals surface area contributed by atoms with E-state index in [9.17, 15) is 4.79 Å². The lowest BCUT2D eigenvalue weighted by molar-refractivity contribution is -0.127. The molecule has 0 radical (unpaired) electrons. The second-order valence-electron chi connectivity index (χ2n) is 7.29. The summed E-state index contributed by atoms with van der Waals surface area (Å²) in [6.45, 7) is 3.93. The molecular formula is C21H35IN4O2. The molecule has 1 heterocycles. The van der Waals surface area contributed by atoms with E-state index in [0.717, 1.165) is 26.0 Å². The number of hydrogen-bond acceptors (Lipinski definition) is 3. The fourth-order valence-corrected chi connectivity index (χ4v) is 3.04. The first-order valence-corrected chi connectivity index (χ1v) is 9.98. The van der Waals surface area contributed by atoms with Gasteiger partial charge in [-0.25, -0.2) is 4.99 Å². The molecule has 0 aromatic heterocycles. The van der Waals surface area contributed by atoms with Crippen LogP contribution >= 0.6 is 24.0 Å². The Balaban J connectivity index is 0.00000392. The quantitative estimate of drug-likeness (QED) is 0.248. The number of benzene rings is 1. The second-order valence-corrected chi connectivity index (χ2v) is 7.29. The molecule has 28 heavy (non-hydrogen) atoms. The van der Waals surface area contributed by atoms with Gasteiger partial charge in [0.25, 0.3) is 0 Å². The largest absolute Gasteiger partial charge is 0.378 e. The van der Waals surface area contributed by atoms with Crippen LogP contribution in [0.3, 0.4) is 0 Å². The highest BCUT2D eigenvalue weighted by molar-refractivity contribution is 14.0. The Morgan fingerprint density at radius 2 is 2.04 bits per heavy atom. The summed E-state index contributed by atoms with van der Waals surface area (Å²) >= 11 is 0. The molecule has 1 aromatic rings. The lowest BCUT2D eigenvalue weighted by atomic mass is 10.0. The van der Waals surface area contributed by atoms with Crippen molar-refractivity contribution in [2.45, 2.75) is 51.2 Å². The molecule has 158 valence electrons. The highest BCUT2D eigenvalue weighted by Crippen LogP contribution is 2.16. The van der Waals surface area contributed by atoms with Gasteiger partial charge in [0.15, 0.2) is 5.96 Å². The van der Waals surface area contributed by atoms with Gasteiger partial charge in [0.2, 0.25) is 5.91 Å². The number of carbonyl (C=O) groups excluding carboxylic acids is 1. The highest BCUT2D eigenvalue weighted by atomic mass is 127. The SMILES string of the molecule is CC(NC(=NCC(=O)N(C)C)NCCCC1CCCCO1)c1ccccc1.I. The summed E-state index contributed by atoms with van der Waals surface area (Å²) in [7, 11) is 3.49. The van der Waals surface area contributed by atoms with E-state index in [-0.39, 0.29) is 42.5 Å². The van der Waals surface area contributed by atoms with Crippen LogP contribution in [0.5, 0.6) is 0 Å². The van der Waals surface area contributed by atoms with Crippen LogP contribution in [0.2, 0.25) is 0 Å². The van der Waals surface area contributed by atoms with Gasteiger partial charge in [-0.1, -0.05) is 30.3 Å². The Kier molecular flexibility index (Phi) is 12.1. The third-order valence-electron chi connectivity index (χ3n) is 4.79. The molecule has 0 spiro atoms. The van der Waals surface area contributed by atoms with E-state index in [2.05, 4.69) is 34.7 Å². The molecule has 2 unspecified atom stereocenters. The maximum atomic E-state index is 11.9. The summed E-state index contributed by atoms with van der Waals surface area (Å²) in [6.07, 6.45) is 6.10. The monoisotopic (exact) mass is 502 g/mol. The molecule has 1 amide bonds. The highest BCUT2D eigenvalue weighted by Gasteiger charge is 2.14. The van der Waals surface area contributed by atoms with Crippen LogP contribution in [0.15, 0.2) is 35.3 Å². The smallest absolute Gasteiger partial charge is 0.243 e. The number of halogens is 1. The van der Waals surface area contributed by atoms with Gasteiger partial charge in [0, 0.05) is 27.2 Å². The molecule has 7 heteroatoms. The molecule has 1 aromatic carbocycles. The standard InChI is InChI=1S/C21H34N4O2.HI/c1-17(18-10-5-4-6-11-18)24-21(23-16-20(26)25(2)3)22-14-9-13-19-12-7-8-15-27-19;/h4-6,10-11,17,19H,7-9,12-16H2,1-3H3,(H2,22,23,24);1H. The number of likely N-dealkylation sites (N-methyl/N-ethyl adjacent to an activating group) is 1. The number of hydrogen-bond donors (Lipinski definition) is 2. The van der Waals surface area contributed by atoms with Gasteiger partial charge in [0.05, 0.1) is 12.1 Å². The van der Waals surface area contributed by atoms with Crippen molar-refractivity contribution in [1.82, 2.24) is 15.5 Å². The number of aliphatic imine (C=N–C) groups is 1. The first-order valence-electron chi connectivity index (χ1n) is 9.98.